The maximum Gasteiger partial charge on any atom is 0.349 e. The van der Waals surface area contributed by atoms with Gasteiger partial charge in [0.25, 0.3) is 0 Å². The third kappa shape index (κ3) is 3.57. The highest BCUT2D eigenvalue weighted by atomic mass is 32.2. The van der Waals surface area contributed by atoms with Crippen molar-refractivity contribution in [3.05, 3.63) is 16.3 Å². The number of nitrogens with one attached hydrogen (secondary N) is 1. The molecule has 0 aromatic carbocycles. The molecule has 0 aliphatic carbocycles. The van der Waals surface area contributed by atoms with Crippen LogP contribution in [0.3, 0.4) is 0 Å². The smallest absolute Gasteiger partial charge is 0.349 e. The fourth-order valence-corrected chi connectivity index (χ4v) is 5.42. The Kier molecular flexibility index (Phi) is 5.57. The van der Waals surface area contributed by atoms with Crippen LogP contribution in [0.1, 0.15) is 22.5 Å². The van der Waals surface area contributed by atoms with Crippen molar-refractivity contribution in [2.24, 2.45) is 5.73 Å². The number of amides is 2. The summed E-state index contributed by atoms with van der Waals surface area (Å²) in [5.41, 5.74) is 4.97. The van der Waals surface area contributed by atoms with Gasteiger partial charge in [0.05, 0.1) is 13.7 Å². The molecule has 9 nitrogen and oxygen atoms in total. The van der Waals surface area contributed by atoms with Gasteiger partial charge in [0.2, 0.25) is 21.8 Å². The summed E-state index contributed by atoms with van der Waals surface area (Å²) in [5.74, 6) is -2.07. The molecule has 1 aliphatic rings. The van der Waals surface area contributed by atoms with Crippen molar-refractivity contribution in [3.63, 3.8) is 0 Å². The maximum absolute atomic E-state index is 12.8. The van der Waals surface area contributed by atoms with E-state index in [9.17, 15) is 22.8 Å². The van der Waals surface area contributed by atoms with E-state index >= 15 is 0 Å². The Bertz CT molecular complexity index is 758. The standard InChI is InChI=1S/C13H17N3O6S2/c1-22-13(19)11-9(4-6-23-11)24(20,21)16-5-2-3-8(16)12(18)15-7-10(14)17/h4,6,8H,2-3,5,7H2,1H3,(H2,14,17)(H,15,18). The van der Waals surface area contributed by atoms with Crippen molar-refractivity contribution in [1.29, 1.82) is 0 Å². The van der Waals surface area contributed by atoms with E-state index in [2.05, 4.69) is 10.1 Å². The molecule has 2 amide bonds. The Hall–Kier alpha value is -1.98. The van der Waals surface area contributed by atoms with Crippen molar-refractivity contribution in [2.75, 3.05) is 20.2 Å². The lowest BCUT2D eigenvalue weighted by Gasteiger charge is -2.23. The van der Waals surface area contributed by atoms with Crippen LogP contribution in [0, 0.1) is 0 Å². The number of carbonyl (C=O) groups excluding carboxylic acids is 3. The lowest BCUT2D eigenvalue weighted by Crippen LogP contribution is -2.47. The number of carbonyl (C=O) groups is 3. The van der Waals surface area contributed by atoms with Gasteiger partial charge in [-0.05, 0) is 24.3 Å². The van der Waals surface area contributed by atoms with Gasteiger partial charge in [-0.15, -0.1) is 11.3 Å². The van der Waals surface area contributed by atoms with Crippen LogP contribution in [0.4, 0.5) is 0 Å². The van der Waals surface area contributed by atoms with Gasteiger partial charge >= 0.3 is 5.97 Å². The van der Waals surface area contributed by atoms with Crippen molar-refractivity contribution in [2.45, 2.75) is 23.8 Å². The number of methoxy groups -OCH3 is 1. The third-order valence-corrected chi connectivity index (χ3v) is 6.50. The van der Waals surface area contributed by atoms with E-state index in [4.69, 9.17) is 5.73 Å². The fourth-order valence-electron chi connectivity index (χ4n) is 2.45. The number of primary amides is 1. The van der Waals surface area contributed by atoms with Crippen molar-refractivity contribution >= 4 is 39.1 Å². The van der Waals surface area contributed by atoms with Gasteiger partial charge in [-0.2, -0.15) is 4.31 Å². The highest BCUT2D eigenvalue weighted by Gasteiger charge is 2.41. The first-order valence-electron chi connectivity index (χ1n) is 7.02. The van der Waals surface area contributed by atoms with E-state index in [1.54, 1.807) is 0 Å². The molecule has 2 rings (SSSR count). The lowest BCUT2D eigenvalue weighted by molar-refractivity contribution is -0.127. The average Bonchev–Trinajstić information content (AvgIpc) is 3.20. The molecule has 0 radical (unpaired) electrons. The molecule has 1 atom stereocenters. The largest absolute Gasteiger partial charge is 0.465 e. The number of nitrogens with zero attached hydrogens (tertiary/aromatic N) is 1. The summed E-state index contributed by atoms with van der Waals surface area (Å²) in [6.07, 6.45) is 0.813. The van der Waals surface area contributed by atoms with Gasteiger partial charge in [0, 0.05) is 6.54 Å². The highest BCUT2D eigenvalue weighted by molar-refractivity contribution is 7.89. The van der Waals surface area contributed by atoms with E-state index in [0.29, 0.717) is 12.8 Å². The van der Waals surface area contributed by atoms with E-state index < -0.39 is 33.8 Å². The van der Waals surface area contributed by atoms with E-state index in [0.717, 1.165) is 22.8 Å². The average molecular weight is 375 g/mol. The normalized spacial score (nSPS) is 18.3. The minimum absolute atomic E-state index is 0.0410. The van der Waals surface area contributed by atoms with Crippen LogP contribution in [0.2, 0.25) is 0 Å². The highest BCUT2D eigenvalue weighted by Crippen LogP contribution is 2.31. The Morgan fingerprint density at radius 1 is 1.46 bits per heavy atom. The second-order valence-corrected chi connectivity index (χ2v) is 7.84. The quantitative estimate of drug-likeness (QED) is 0.630. The van der Waals surface area contributed by atoms with Crippen LogP contribution in [0.15, 0.2) is 16.3 Å². The van der Waals surface area contributed by atoms with Gasteiger partial charge in [-0.3, -0.25) is 9.59 Å². The molecule has 132 valence electrons. The number of hydrogen-bond acceptors (Lipinski definition) is 7. The zero-order chi connectivity index (χ0) is 17.9. The maximum atomic E-state index is 12.8. The number of thiophene rings is 1. The molecule has 1 saturated heterocycles. The molecule has 1 aromatic heterocycles. The Balaban J connectivity index is 2.28. The number of nitrogens with two attached hydrogens (primary N) is 1. The second kappa shape index (κ2) is 7.28. The van der Waals surface area contributed by atoms with Crippen molar-refractivity contribution in [3.8, 4) is 0 Å². The minimum atomic E-state index is -4.05. The van der Waals surface area contributed by atoms with Crippen LogP contribution < -0.4 is 11.1 Å². The van der Waals surface area contributed by atoms with Crippen molar-refractivity contribution in [1.82, 2.24) is 9.62 Å². The Morgan fingerprint density at radius 3 is 2.79 bits per heavy atom. The van der Waals surface area contributed by atoms with Crippen molar-refractivity contribution < 1.29 is 27.5 Å². The van der Waals surface area contributed by atoms with E-state index in [1.807, 2.05) is 0 Å². The van der Waals surface area contributed by atoms with Gasteiger partial charge < -0.3 is 15.8 Å². The van der Waals surface area contributed by atoms with Gasteiger partial charge in [0.15, 0.2) is 0 Å². The molecule has 1 aromatic rings. The number of hydrogen-bond donors (Lipinski definition) is 2. The van der Waals surface area contributed by atoms with E-state index in [-0.39, 0.29) is 22.9 Å². The van der Waals surface area contributed by atoms with E-state index in [1.165, 1.54) is 11.4 Å². The molecule has 0 bridgehead atoms. The van der Waals surface area contributed by atoms with Gasteiger partial charge in [0.1, 0.15) is 15.8 Å². The molecular weight excluding hydrogens is 358 g/mol. The number of rotatable bonds is 6. The zero-order valence-corrected chi connectivity index (χ0v) is 14.5. The molecule has 1 unspecified atom stereocenters. The Labute approximate surface area is 142 Å². The zero-order valence-electron chi connectivity index (χ0n) is 12.9. The molecule has 0 saturated carbocycles. The summed E-state index contributed by atoms with van der Waals surface area (Å²) in [4.78, 5) is 34.4. The molecule has 1 fully saturated rings. The summed E-state index contributed by atoms with van der Waals surface area (Å²) in [6.45, 7) is -0.220. The van der Waals surface area contributed by atoms with Gasteiger partial charge in [-0.25, -0.2) is 13.2 Å². The van der Waals surface area contributed by atoms with Crippen LogP contribution in [-0.2, 0) is 24.3 Å². The first kappa shape index (κ1) is 18.4. The monoisotopic (exact) mass is 375 g/mol. The summed E-state index contributed by atoms with van der Waals surface area (Å²) < 4.78 is 31.3. The SMILES string of the molecule is COC(=O)c1sccc1S(=O)(=O)N1CCCC1C(=O)NCC(N)=O. The number of sulfonamides is 1. The van der Waals surface area contributed by atoms with Crippen LogP contribution >= 0.6 is 11.3 Å². The molecule has 1 aliphatic heterocycles. The van der Waals surface area contributed by atoms with Crippen LogP contribution in [0.5, 0.6) is 0 Å². The molecule has 2 heterocycles. The summed E-state index contributed by atoms with van der Waals surface area (Å²) >= 11 is 0.950. The lowest BCUT2D eigenvalue weighted by atomic mass is 10.2. The number of esters is 1. The first-order valence-corrected chi connectivity index (χ1v) is 9.34. The number of ether oxygens (including phenoxy) is 1. The van der Waals surface area contributed by atoms with Crippen LogP contribution in [0.25, 0.3) is 0 Å². The molecule has 24 heavy (non-hydrogen) atoms. The Morgan fingerprint density at radius 2 is 2.17 bits per heavy atom. The summed E-state index contributed by atoms with van der Waals surface area (Å²) in [6, 6.07) is 0.364. The van der Waals surface area contributed by atoms with Crippen LogP contribution in [-0.4, -0.2) is 56.7 Å². The second-order valence-electron chi connectivity index (χ2n) is 5.06. The molecular formula is C13H17N3O6S2. The summed E-state index contributed by atoms with van der Waals surface area (Å²) in [5, 5.41) is 3.78. The topological polar surface area (TPSA) is 136 Å². The fraction of sp³-hybridized carbons (Fsp3) is 0.462. The molecule has 3 N–H and O–H groups in total. The third-order valence-electron chi connectivity index (χ3n) is 3.53. The minimum Gasteiger partial charge on any atom is -0.465 e. The summed E-state index contributed by atoms with van der Waals surface area (Å²) in [7, 11) is -2.89. The van der Waals surface area contributed by atoms with Gasteiger partial charge in [-0.1, -0.05) is 0 Å². The molecule has 0 spiro atoms. The molecule has 11 heteroatoms. The predicted octanol–water partition coefficient (Wildman–Crippen LogP) is -0.711. The first-order chi connectivity index (χ1) is 11.3. The predicted molar refractivity (Wildman–Crippen MR) is 84.8 cm³/mol.